The van der Waals surface area contributed by atoms with Crippen molar-refractivity contribution in [3.05, 3.63) is 0 Å². The van der Waals surface area contributed by atoms with Gasteiger partial charge in [0, 0.05) is 31.7 Å². The van der Waals surface area contributed by atoms with E-state index >= 15 is 0 Å². The minimum Gasteiger partial charge on any atom is -0.374 e. The predicted molar refractivity (Wildman–Crippen MR) is 79.3 cm³/mol. The number of hydrogen-bond donors (Lipinski definition) is 1. The van der Waals surface area contributed by atoms with Crippen LogP contribution in [0.4, 0.5) is 0 Å². The molecule has 0 radical (unpaired) electrons. The summed E-state index contributed by atoms with van der Waals surface area (Å²) in [6.07, 6.45) is 5.54. The van der Waals surface area contributed by atoms with Crippen molar-refractivity contribution < 1.29 is 4.74 Å². The van der Waals surface area contributed by atoms with Crippen LogP contribution in [-0.2, 0) is 4.74 Å². The lowest BCUT2D eigenvalue weighted by molar-refractivity contribution is -0.0603. The molecule has 0 aliphatic carbocycles. The monoisotopic (exact) mass is 269 g/mol. The van der Waals surface area contributed by atoms with E-state index in [4.69, 9.17) is 10.5 Å². The van der Waals surface area contributed by atoms with Gasteiger partial charge in [0.2, 0.25) is 0 Å². The van der Waals surface area contributed by atoms with Crippen molar-refractivity contribution in [2.45, 2.75) is 57.7 Å². The molecule has 4 nitrogen and oxygen atoms in total. The molecule has 2 unspecified atom stereocenters. The Bertz CT molecular complexity index is 258. The summed E-state index contributed by atoms with van der Waals surface area (Å²) in [6, 6.07) is 1.32. The molecule has 112 valence electrons. The van der Waals surface area contributed by atoms with Crippen LogP contribution in [0.15, 0.2) is 0 Å². The number of hydrogen-bond acceptors (Lipinski definition) is 4. The minimum atomic E-state index is 0.384. The lowest BCUT2D eigenvalue weighted by Crippen LogP contribution is -2.52. The van der Waals surface area contributed by atoms with Crippen LogP contribution in [0.25, 0.3) is 0 Å². The van der Waals surface area contributed by atoms with E-state index in [1.165, 1.54) is 25.8 Å². The van der Waals surface area contributed by atoms with E-state index in [0.717, 1.165) is 39.2 Å². The molecule has 4 heteroatoms. The Hall–Kier alpha value is -0.160. The Kier molecular flexibility index (Phi) is 6.07. The van der Waals surface area contributed by atoms with Crippen LogP contribution in [0.1, 0.15) is 39.5 Å². The Labute approximate surface area is 118 Å². The van der Waals surface area contributed by atoms with Crippen LogP contribution >= 0.6 is 0 Å². The van der Waals surface area contributed by atoms with Gasteiger partial charge in [-0.25, -0.2) is 0 Å². The van der Waals surface area contributed by atoms with Crippen molar-refractivity contribution >= 4 is 0 Å². The Morgan fingerprint density at radius 2 is 2.11 bits per heavy atom. The second-order valence-corrected chi connectivity index (χ2v) is 6.30. The summed E-state index contributed by atoms with van der Waals surface area (Å²) < 4.78 is 5.97. The number of likely N-dealkylation sites (tertiary alicyclic amines) is 1. The first-order valence-corrected chi connectivity index (χ1v) is 8.00. The molecule has 0 spiro atoms. The van der Waals surface area contributed by atoms with Crippen LogP contribution < -0.4 is 5.73 Å². The molecule has 0 saturated carbocycles. The van der Waals surface area contributed by atoms with E-state index < -0.39 is 0 Å². The predicted octanol–water partition coefficient (Wildman–Crippen LogP) is 1.30. The van der Waals surface area contributed by atoms with Gasteiger partial charge in [-0.2, -0.15) is 0 Å². The van der Waals surface area contributed by atoms with Crippen molar-refractivity contribution in [2.24, 2.45) is 5.73 Å². The third-order valence-corrected chi connectivity index (χ3v) is 4.59. The topological polar surface area (TPSA) is 41.7 Å². The average Bonchev–Trinajstić information content (AvgIpc) is 2.41. The number of nitrogens with two attached hydrogens (primary N) is 1. The van der Waals surface area contributed by atoms with Gasteiger partial charge in [0.05, 0.1) is 12.7 Å². The van der Waals surface area contributed by atoms with E-state index in [1.54, 1.807) is 0 Å². The summed E-state index contributed by atoms with van der Waals surface area (Å²) >= 11 is 0. The zero-order valence-corrected chi connectivity index (χ0v) is 12.7. The lowest BCUT2D eigenvalue weighted by Gasteiger charge is -2.41. The van der Waals surface area contributed by atoms with Gasteiger partial charge in [-0.1, -0.05) is 6.42 Å². The fraction of sp³-hybridized carbons (Fsp3) is 1.00. The minimum absolute atomic E-state index is 0.384. The van der Waals surface area contributed by atoms with Crippen molar-refractivity contribution in [1.29, 1.82) is 0 Å². The molecule has 0 aromatic rings. The Balaban J connectivity index is 1.84. The number of nitrogens with zero attached hydrogens (tertiary/aromatic N) is 2. The molecule has 2 atom stereocenters. The van der Waals surface area contributed by atoms with Crippen molar-refractivity contribution in [1.82, 2.24) is 9.80 Å². The third-order valence-electron chi connectivity index (χ3n) is 4.59. The van der Waals surface area contributed by atoms with Crippen LogP contribution in [0.5, 0.6) is 0 Å². The average molecular weight is 269 g/mol. The highest BCUT2D eigenvalue weighted by atomic mass is 16.5. The lowest BCUT2D eigenvalue weighted by atomic mass is 9.98. The Morgan fingerprint density at radius 1 is 1.26 bits per heavy atom. The van der Waals surface area contributed by atoms with Crippen LogP contribution in [-0.4, -0.2) is 67.3 Å². The van der Waals surface area contributed by atoms with Crippen LogP contribution in [0, 0.1) is 0 Å². The van der Waals surface area contributed by atoms with Gasteiger partial charge in [0.15, 0.2) is 0 Å². The van der Waals surface area contributed by atoms with Gasteiger partial charge in [0.25, 0.3) is 0 Å². The van der Waals surface area contributed by atoms with Crippen LogP contribution in [0.3, 0.4) is 0 Å². The standard InChI is InChI=1S/C15H31N3O/c1-13(2)17-9-10-19-15(11-17)12-18-8-4-3-5-14(18)6-7-16/h13-15H,3-12,16H2,1-2H3. The molecule has 2 heterocycles. The maximum atomic E-state index is 5.97. The molecule has 2 aliphatic heterocycles. The van der Waals surface area contributed by atoms with Gasteiger partial charge >= 0.3 is 0 Å². The van der Waals surface area contributed by atoms with Crippen molar-refractivity contribution in [3.8, 4) is 0 Å². The SMILES string of the molecule is CC(C)N1CCOC(CN2CCCCC2CCN)C1. The van der Waals surface area contributed by atoms with Crippen molar-refractivity contribution in [2.75, 3.05) is 39.3 Å². The molecule has 0 aromatic carbocycles. The number of rotatable bonds is 5. The van der Waals surface area contributed by atoms with E-state index in [1.807, 2.05) is 0 Å². The summed E-state index contributed by atoms with van der Waals surface area (Å²) in [5.74, 6) is 0. The molecule has 0 bridgehead atoms. The van der Waals surface area contributed by atoms with E-state index in [2.05, 4.69) is 23.6 Å². The first-order valence-electron chi connectivity index (χ1n) is 8.00. The molecule has 2 N–H and O–H groups in total. The molecular formula is C15H31N3O. The fourth-order valence-corrected chi connectivity index (χ4v) is 3.40. The second-order valence-electron chi connectivity index (χ2n) is 6.30. The summed E-state index contributed by atoms with van der Waals surface area (Å²) in [5.41, 5.74) is 5.75. The summed E-state index contributed by atoms with van der Waals surface area (Å²) in [6.45, 7) is 10.7. The highest BCUT2D eigenvalue weighted by Gasteiger charge is 2.28. The van der Waals surface area contributed by atoms with Gasteiger partial charge in [-0.3, -0.25) is 9.80 Å². The van der Waals surface area contributed by atoms with Crippen LogP contribution in [0.2, 0.25) is 0 Å². The molecule has 2 saturated heterocycles. The number of ether oxygens (including phenoxy) is 1. The molecule has 2 aliphatic rings. The zero-order chi connectivity index (χ0) is 13.7. The molecule has 0 amide bonds. The first kappa shape index (κ1) is 15.2. The van der Waals surface area contributed by atoms with E-state index in [9.17, 15) is 0 Å². The highest BCUT2D eigenvalue weighted by Crippen LogP contribution is 2.21. The zero-order valence-electron chi connectivity index (χ0n) is 12.7. The summed E-state index contributed by atoms with van der Waals surface area (Å²) in [7, 11) is 0. The molecule has 2 rings (SSSR count). The quantitative estimate of drug-likeness (QED) is 0.817. The number of morpholine rings is 1. The molecule has 2 fully saturated rings. The first-order chi connectivity index (χ1) is 9.20. The largest absolute Gasteiger partial charge is 0.374 e. The number of piperidine rings is 1. The van der Waals surface area contributed by atoms with Gasteiger partial charge in [-0.15, -0.1) is 0 Å². The van der Waals surface area contributed by atoms with Gasteiger partial charge in [0.1, 0.15) is 0 Å². The Morgan fingerprint density at radius 3 is 2.84 bits per heavy atom. The van der Waals surface area contributed by atoms with Gasteiger partial charge in [-0.05, 0) is 46.2 Å². The van der Waals surface area contributed by atoms with E-state index in [-0.39, 0.29) is 0 Å². The molecular weight excluding hydrogens is 238 g/mol. The summed E-state index contributed by atoms with van der Waals surface area (Å²) in [5, 5.41) is 0. The van der Waals surface area contributed by atoms with E-state index in [0.29, 0.717) is 18.2 Å². The maximum absolute atomic E-state index is 5.97. The maximum Gasteiger partial charge on any atom is 0.0829 e. The fourth-order valence-electron chi connectivity index (χ4n) is 3.40. The third kappa shape index (κ3) is 4.42. The molecule has 0 aromatic heterocycles. The van der Waals surface area contributed by atoms with Crippen molar-refractivity contribution in [3.63, 3.8) is 0 Å². The summed E-state index contributed by atoms with van der Waals surface area (Å²) in [4.78, 5) is 5.17. The second kappa shape index (κ2) is 7.58. The molecule has 19 heavy (non-hydrogen) atoms. The normalized spacial score (nSPS) is 30.9. The highest BCUT2D eigenvalue weighted by molar-refractivity contribution is 4.82. The smallest absolute Gasteiger partial charge is 0.0829 e. The van der Waals surface area contributed by atoms with Gasteiger partial charge < -0.3 is 10.5 Å².